The maximum absolute atomic E-state index is 13.0. The molecule has 9 heteroatoms. The quantitative estimate of drug-likeness (QED) is 0.425. The summed E-state index contributed by atoms with van der Waals surface area (Å²) in [4.78, 5) is 19.8. The standard InChI is InChI=1S/C23H21ClN6O.C4H8O/c24-17-7-5-16(6-8-17)20-14-27-30-15-18(13-26-22(20)30)28-23(31)19-3-1-2-4-21(19)29-11-9-25-10-12-29;1-2-4-5-3-1/h1-8,13-15,25H,9-12H2,(H,28,31);1-4H2. The van der Waals surface area contributed by atoms with Gasteiger partial charge in [-0.05, 0) is 42.7 Å². The molecule has 0 spiro atoms. The van der Waals surface area contributed by atoms with Crippen molar-refractivity contribution >= 4 is 34.5 Å². The number of nitrogens with one attached hydrogen (secondary N) is 2. The summed E-state index contributed by atoms with van der Waals surface area (Å²) in [5.74, 6) is -0.166. The third-order valence-electron chi connectivity index (χ3n) is 6.20. The van der Waals surface area contributed by atoms with Crippen LogP contribution in [-0.4, -0.2) is 59.9 Å². The second-order valence-corrected chi connectivity index (χ2v) is 9.14. The second kappa shape index (κ2) is 11.5. The van der Waals surface area contributed by atoms with Crippen molar-refractivity contribution in [3.05, 3.63) is 77.7 Å². The van der Waals surface area contributed by atoms with E-state index in [9.17, 15) is 4.79 Å². The van der Waals surface area contributed by atoms with Crippen LogP contribution in [0.1, 0.15) is 23.2 Å². The highest BCUT2D eigenvalue weighted by molar-refractivity contribution is 6.30. The van der Waals surface area contributed by atoms with Gasteiger partial charge in [0, 0.05) is 55.7 Å². The molecule has 2 fully saturated rings. The van der Waals surface area contributed by atoms with Crippen LogP contribution < -0.4 is 15.5 Å². The van der Waals surface area contributed by atoms with Crippen LogP contribution in [0.5, 0.6) is 0 Å². The van der Waals surface area contributed by atoms with E-state index in [-0.39, 0.29) is 5.91 Å². The Morgan fingerprint density at radius 2 is 1.75 bits per heavy atom. The minimum absolute atomic E-state index is 0.166. The molecule has 2 aromatic carbocycles. The van der Waals surface area contributed by atoms with Gasteiger partial charge in [-0.25, -0.2) is 9.50 Å². The number of para-hydroxylation sites is 1. The summed E-state index contributed by atoms with van der Waals surface area (Å²) < 4.78 is 6.61. The van der Waals surface area contributed by atoms with Gasteiger partial charge < -0.3 is 20.3 Å². The highest BCUT2D eigenvalue weighted by Gasteiger charge is 2.18. The minimum atomic E-state index is -0.166. The smallest absolute Gasteiger partial charge is 0.257 e. The van der Waals surface area contributed by atoms with Crippen LogP contribution in [0.2, 0.25) is 5.02 Å². The van der Waals surface area contributed by atoms with E-state index in [4.69, 9.17) is 16.3 Å². The van der Waals surface area contributed by atoms with E-state index in [1.54, 1.807) is 23.1 Å². The second-order valence-electron chi connectivity index (χ2n) is 8.70. The minimum Gasteiger partial charge on any atom is -0.381 e. The zero-order valence-corrected chi connectivity index (χ0v) is 20.7. The van der Waals surface area contributed by atoms with Gasteiger partial charge in [0.15, 0.2) is 5.65 Å². The lowest BCUT2D eigenvalue weighted by Crippen LogP contribution is -2.44. The maximum atomic E-state index is 13.0. The van der Waals surface area contributed by atoms with Crippen molar-refractivity contribution in [3.8, 4) is 11.1 Å². The number of benzene rings is 2. The number of rotatable bonds is 4. The van der Waals surface area contributed by atoms with E-state index < -0.39 is 0 Å². The number of ether oxygens (including phenoxy) is 1. The highest BCUT2D eigenvalue weighted by Crippen LogP contribution is 2.26. The van der Waals surface area contributed by atoms with Crippen LogP contribution in [0.15, 0.2) is 67.1 Å². The summed E-state index contributed by atoms with van der Waals surface area (Å²) in [6.45, 7) is 5.56. The Hall–Kier alpha value is -3.46. The van der Waals surface area contributed by atoms with Crippen molar-refractivity contribution in [1.29, 1.82) is 0 Å². The molecule has 0 atom stereocenters. The van der Waals surface area contributed by atoms with E-state index in [1.165, 1.54) is 12.8 Å². The van der Waals surface area contributed by atoms with Gasteiger partial charge in [-0.3, -0.25) is 4.79 Å². The number of amides is 1. The lowest BCUT2D eigenvalue weighted by molar-refractivity contribution is 0.102. The molecule has 0 bridgehead atoms. The predicted molar refractivity (Wildman–Crippen MR) is 143 cm³/mol. The van der Waals surface area contributed by atoms with E-state index in [0.717, 1.165) is 56.2 Å². The number of hydrogen-bond donors (Lipinski definition) is 2. The largest absolute Gasteiger partial charge is 0.381 e. The van der Waals surface area contributed by atoms with Gasteiger partial charge in [0.2, 0.25) is 0 Å². The van der Waals surface area contributed by atoms with Crippen molar-refractivity contribution in [2.45, 2.75) is 12.8 Å². The fraction of sp³-hybridized carbons (Fsp3) is 0.296. The Morgan fingerprint density at radius 1 is 1.00 bits per heavy atom. The van der Waals surface area contributed by atoms with E-state index in [1.807, 2.05) is 48.5 Å². The molecule has 4 heterocycles. The molecule has 36 heavy (non-hydrogen) atoms. The third-order valence-corrected chi connectivity index (χ3v) is 6.46. The average molecular weight is 505 g/mol. The van der Waals surface area contributed by atoms with Gasteiger partial charge in [-0.2, -0.15) is 5.10 Å². The lowest BCUT2D eigenvalue weighted by Gasteiger charge is -2.30. The van der Waals surface area contributed by atoms with Gasteiger partial charge in [-0.15, -0.1) is 0 Å². The zero-order valence-electron chi connectivity index (χ0n) is 20.0. The summed E-state index contributed by atoms with van der Waals surface area (Å²) in [6, 6.07) is 15.2. The van der Waals surface area contributed by atoms with Crippen molar-refractivity contribution in [2.75, 3.05) is 49.6 Å². The monoisotopic (exact) mass is 504 g/mol. The van der Waals surface area contributed by atoms with Crippen LogP contribution in [0.4, 0.5) is 11.4 Å². The van der Waals surface area contributed by atoms with E-state index in [0.29, 0.717) is 21.9 Å². The van der Waals surface area contributed by atoms with Crippen LogP contribution in [0.3, 0.4) is 0 Å². The Bertz CT molecular complexity index is 1310. The number of halogens is 1. The molecule has 6 rings (SSSR count). The van der Waals surface area contributed by atoms with Gasteiger partial charge in [0.25, 0.3) is 5.91 Å². The van der Waals surface area contributed by atoms with Crippen molar-refractivity contribution in [1.82, 2.24) is 19.9 Å². The highest BCUT2D eigenvalue weighted by atomic mass is 35.5. The van der Waals surface area contributed by atoms with Gasteiger partial charge in [0.1, 0.15) is 0 Å². The first-order valence-corrected chi connectivity index (χ1v) is 12.6. The Labute approximate surface area is 215 Å². The molecule has 0 unspecified atom stereocenters. The first kappa shape index (κ1) is 24.2. The van der Waals surface area contributed by atoms with Crippen LogP contribution in [-0.2, 0) is 4.74 Å². The van der Waals surface area contributed by atoms with Crippen molar-refractivity contribution in [2.24, 2.45) is 0 Å². The Kier molecular flexibility index (Phi) is 7.76. The summed E-state index contributed by atoms with van der Waals surface area (Å²) in [5.41, 5.74) is 4.76. The molecular formula is C27H29ClN6O2. The number of nitrogens with zero attached hydrogens (tertiary/aromatic N) is 4. The molecule has 4 aromatic rings. The molecule has 1 amide bonds. The fourth-order valence-corrected chi connectivity index (χ4v) is 4.45. The SMILES string of the molecule is C1CCOC1.O=C(Nc1cnc2c(-c3ccc(Cl)cc3)cnn2c1)c1ccccc1N1CCNCC1. The first-order chi connectivity index (χ1) is 17.7. The Balaban J connectivity index is 0.000000477. The van der Waals surface area contributed by atoms with E-state index in [2.05, 4.69) is 25.6 Å². The molecule has 0 aliphatic carbocycles. The normalized spacial score (nSPS) is 15.4. The molecule has 2 N–H and O–H groups in total. The summed E-state index contributed by atoms with van der Waals surface area (Å²) in [6.07, 6.45) is 7.74. The molecule has 2 aliphatic heterocycles. The number of aromatic nitrogens is 3. The third kappa shape index (κ3) is 5.67. The topological polar surface area (TPSA) is 83.8 Å². The molecule has 2 saturated heterocycles. The molecule has 0 saturated carbocycles. The maximum Gasteiger partial charge on any atom is 0.257 e. The van der Waals surface area contributed by atoms with Crippen LogP contribution in [0, 0.1) is 0 Å². The van der Waals surface area contributed by atoms with Crippen LogP contribution >= 0.6 is 11.6 Å². The predicted octanol–water partition coefficient (Wildman–Crippen LogP) is 4.51. The van der Waals surface area contributed by atoms with Crippen LogP contribution in [0.25, 0.3) is 16.8 Å². The number of carbonyl (C=O) groups excluding carboxylic acids is 1. The van der Waals surface area contributed by atoms with Gasteiger partial charge in [-0.1, -0.05) is 35.9 Å². The fourth-order valence-electron chi connectivity index (χ4n) is 4.33. The molecular weight excluding hydrogens is 476 g/mol. The number of hydrogen-bond acceptors (Lipinski definition) is 6. The Morgan fingerprint density at radius 3 is 2.47 bits per heavy atom. The lowest BCUT2D eigenvalue weighted by atomic mass is 10.1. The number of anilines is 2. The van der Waals surface area contributed by atoms with Gasteiger partial charge >= 0.3 is 0 Å². The van der Waals surface area contributed by atoms with Crippen molar-refractivity contribution in [3.63, 3.8) is 0 Å². The molecule has 0 radical (unpaired) electrons. The van der Waals surface area contributed by atoms with Crippen molar-refractivity contribution < 1.29 is 9.53 Å². The number of carbonyl (C=O) groups is 1. The molecule has 8 nitrogen and oxygen atoms in total. The van der Waals surface area contributed by atoms with Gasteiger partial charge in [0.05, 0.1) is 29.8 Å². The molecule has 186 valence electrons. The average Bonchev–Trinajstić information content (AvgIpc) is 3.64. The number of piperazine rings is 1. The first-order valence-electron chi connectivity index (χ1n) is 12.2. The number of fused-ring (bicyclic) bond motifs is 1. The molecule has 2 aliphatic rings. The summed E-state index contributed by atoms with van der Waals surface area (Å²) >= 11 is 5.99. The van der Waals surface area contributed by atoms with E-state index >= 15 is 0 Å². The zero-order chi connectivity index (χ0) is 24.7. The summed E-state index contributed by atoms with van der Waals surface area (Å²) in [7, 11) is 0. The summed E-state index contributed by atoms with van der Waals surface area (Å²) in [5, 5.41) is 11.4. The molecule has 2 aromatic heterocycles.